The van der Waals surface area contributed by atoms with Gasteiger partial charge in [0.25, 0.3) is 5.56 Å². The maximum Gasteiger partial charge on any atom is 0.282 e. The fourth-order valence-corrected chi connectivity index (χ4v) is 3.03. The highest BCUT2D eigenvalue weighted by Gasteiger charge is 2.08. The quantitative estimate of drug-likeness (QED) is 0.747. The summed E-state index contributed by atoms with van der Waals surface area (Å²) in [5, 5.41) is 14.5. The van der Waals surface area contributed by atoms with Gasteiger partial charge < -0.3 is 9.84 Å². The van der Waals surface area contributed by atoms with Gasteiger partial charge in [0, 0.05) is 10.4 Å². The van der Waals surface area contributed by atoms with Crippen LogP contribution >= 0.6 is 11.3 Å². The second-order valence-electron chi connectivity index (χ2n) is 4.85. The number of phenolic OH excluding ortho intramolecular Hbond substituents is 1. The van der Waals surface area contributed by atoms with Crippen LogP contribution in [0.15, 0.2) is 40.5 Å². The zero-order valence-corrected chi connectivity index (χ0v) is 13.5. The molecule has 23 heavy (non-hydrogen) atoms. The molecule has 2 aromatic heterocycles. The predicted octanol–water partition coefficient (Wildman–Crippen LogP) is 2.62. The van der Waals surface area contributed by atoms with Crippen LogP contribution in [0, 0.1) is 0 Å². The van der Waals surface area contributed by atoms with Crippen LogP contribution in [0.3, 0.4) is 0 Å². The molecule has 3 rings (SSSR count). The third-order valence-corrected chi connectivity index (χ3v) is 4.58. The molecule has 0 radical (unpaired) electrons. The Morgan fingerprint density at radius 3 is 3.00 bits per heavy atom. The fourth-order valence-electron chi connectivity index (χ4n) is 2.11. The van der Waals surface area contributed by atoms with Crippen molar-refractivity contribution in [1.29, 1.82) is 0 Å². The first-order valence-corrected chi connectivity index (χ1v) is 7.85. The van der Waals surface area contributed by atoms with E-state index in [1.165, 1.54) is 37.1 Å². The Labute approximate surface area is 136 Å². The van der Waals surface area contributed by atoms with Gasteiger partial charge >= 0.3 is 0 Å². The number of aromatic hydroxyl groups is 1. The molecule has 3 aromatic rings. The molecular weight excluding hydrogens is 314 g/mol. The standard InChI is InChI=1S/C16H15N3O3S/c1-3-12-7-13-15(23-12)17-9-19(16(13)21)18-8-10-6-11(22-2)4-5-14(10)20/h4-9,20H,3H2,1-2H3/b18-8+. The predicted molar refractivity (Wildman–Crippen MR) is 90.9 cm³/mol. The number of ether oxygens (including phenoxy) is 1. The van der Waals surface area contributed by atoms with Gasteiger partial charge in [0.1, 0.15) is 22.7 Å². The molecule has 0 saturated carbocycles. The van der Waals surface area contributed by atoms with Gasteiger partial charge in [0.2, 0.25) is 0 Å². The Bertz CT molecular complexity index is 943. The molecule has 1 N–H and O–H groups in total. The minimum atomic E-state index is -0.232. The van der Waals surface area contributed by atoms with Crippen molar-refractivity contribution in [2.24, 2.45) is 5.10 Å². The Morgan fingerprint density at radius 2 is 2.26 bits per heavy atom. The van der Waals surface area contributed by atoms with Gasteiger partial charge in [0.15, 0.2) is 0 Å². The lowest BCUT2D eigenvalue weighted by atomic mass is 10.2. The molecule has 7 heteroatoms. The largest absolute Gasteiger partial charge is 0.507 e. The first kappa shape index (κ1) is 15.2. The lowest BCUT2D eigenvalue weighted by Crippen LogP contribution is -2.16. The molecule has 2 heterocycles. The van der Waals surface area contributed by atoms with E-state index in [0.717, 1.165) is 16.0 Å². The number of phenols is 1. The average molecular weight is 329 g/mol. The molecule has 0 unspecified atom stereocenters. The number of fused-ring (bicyclic) bond motifs is 1. The third kappa shape index (κ3) is 2.95. The zero-order chi connectivity index (χ0) is 16.4. The van der Waals surface area contributed by atoms with Gasteiger partial charge in [0.05, 0.1) is 18.7 Å². The summed E-state index contributed by atoms with van der Waals surface area (Å²) in [6, 6.07) is 6.64. The highest BCUT2D eigenvalue weighted by molar-refractivity contribution is 7.18. The van der Waals surface area contributed by atoms with E-state index >= 15 is 0 Å². The van der Waals surface area contributed by atoms with Crippen LogP contribution < -0.4 is 10.3 Å². The van der Waals surface area contributed by atoms with E-state index in [9.17, 15) is 9.90 Å². The lowest BCUT2D eigenvalue weighted by molar-refractivity contribution is 0.412. The number of thiophene rings is 1. The Balaban J connectivity index is 2.01. The Morgan fingerprint density at radius 1 is 1.43 bits per heavy atom. The van der Waals surface area contributed by atoms with E-state index in [4.69, 9.17) is 4.74 Å². The summed E-state index contributed by atoms with van der Waals surface area (Å²) in [6.07, 6.45) is 3.65. The van der Waals surface area contributed by atoms with Gasteiger partial charge in [-0.2, -0.15) is 9.78 Å². The van der Waals surface area contributed by atoms with Crippen LogP contribution in [0.1, 0.15) is 17.4 Å². The zero-order valence-electron chi connectivity index (χ0n) is 12.7. The molecule has 0 aliphatic heterocycles. The number of aromatic nitrogens is 2. The normalized spacial score (nSPS) is 11.4. The van der Waals surface area contributed by atoms with Crippen molar-refractivity contribution >= 4 is 27.8 Å². The second-order valence-corrected chi connectivity index (χ2v) is 5.96. The van der Waals surface area contributed by atoms with Crippen molar-refractivity contribution in [1.82, 2.24) is 9.66 Å². The summed E-state index contributed by atoms with van der Waals surface area (Å²) in [4.78, 5) is 18.5. The van der Waals surface area contributed by atoms with Crippen molar-refractivity contribution in [3.8, 4) is 11.5 Å². The summed E-state index contributed by atoms with van der Waals surface area (Å²) in [7, 11) is 1.54. The first-order chi connectivity index (χ1) is 11.1. The van der Waals surface area contributed by atoms with Crippen LogP contribution in [0.5, 0.6) is 11.5 Å². The molecule has 0 atom stereocenters. The van der Waals surface area contributed by atoms with Crippen LogP contribution in [0.4, 0.5) is 0 Å². The van der Waals surface area contributed by atoms with Crippen molar-refractivity contribution in [2.75, 3.05) is 7.11 Å². The molecule has 0 aliphatic carbocycles. The number of methoxy groups -OCH3 is 1. The summed E-state index contributed by atoms with van der Waals surface area (Å²) >= 11 is 1.51. The highest BCUT2D eigenvalue weighted by atomic mass is 32.1. The number of rotatable bonds is 4. The van der Waals surface area contributed by atoms with Crippen molar-refractivity contribution < 1.29 is 9.84 Å². The molecule has 0 amide bonds. The maximum absolute atomic E-state index is 12.4. The van der Waals surface area contributed by atoms with E-state index < -0.39 is 0 Å². The molecule has 6 nitrogen and oxygen atoms in total. The van der Waals surface area contributed by atoms with Crippen LogP contribution in [0.2, 0.25) is 0 Å². The number of nitrogens with zero attached hydrogens (tertiary/aromatic N) is 3. The number of benzene rings is 1. The maximum atomic E-state index is 12.4. The van der Waals surface area contributed by atoms with Gasteiger partial charge in [-0.25, -0.2) is 4.98 Å². The van der Waals surface area contributed by atoms with Crippen molar-refractivity contribution in [3.63, 3.8) is 0 Å². The van der Waals surface area contributed by atoms with Crippen molar-refractivity contribution in [2.45, 2.75) is 13.3 Å². The summed E-state index contributed by atoms with van der Waals surface area (Å²) in [5.74, 6) is 0.649. The number of aryl methyl sites for hydroxylation is 1. The third-order valence-electron chi connectivity index (χ3n) is 3.39. The Kier molecular flexibility index (Phi) is 4.12. The molecule has 0 bridgehead atoms. The lowest BCUT2D eigenvalue weighted by Gasteiger charge is -2.03. The minimum Gasteiger partial charge on any atom is -0.507 e. The molecule has 0 saturated heterocycles. The summed E-state index contributed by atoms with van der Waals surface area (Å²) < 4.78 is 6.27. The van der Waals surface area contributed by atoms with E-state index in [2.05, 4.69) is 10.1 Å². The first-order valence-electron chi connectivity index (χ1n) is 7.03. The van der Waals surface area contributed by atoms with E-state index in [1.54, 1.807) is 12.1 Å². The minimum absolute atomic E-state index is 0.0560. The summed E-state index contributed by atoms with van der Waals surface area (Å²) in [5.41, 5.74) is 0.223. The van der Waals surface area contributed by atoms with Gasteiger partial charge in [-0.05, 0) is 30.7 Å². The molecule has 0 aliphatic rings. The van der Waals surface area contributed by atoms with Crippen molar-refractivity contribution in [3.05, 3.63) is 51.4 Å². The highest BCUT2D eigenvalue weighted by Crippen LogP contribution is 2.22. The fraction of sp³-hybridized carbons (Fsp3) is 0.188. The summed E-state index contributed by atoms with van der Waals surface area (Å²) in [6.45, 7) is 2.03. The smallest absolute Gasteiger partial charge is 0.282 e. The monoisotopic (exact) mass is 329 g/mol. The van der Waals surface area contributed by atoms with E-state index in [1.807, 2.05) is 13.0 Å². The number of hydrogen-bond donors (Lipinski definition) is 1. The molecule has 0 fully saturated rings. The van der Waals surface area contributed by atoms with E-state index in [-0.39, 0.29) is 11.3 Å². The van der Waals surface area contributed by atoms with Crippen LogP contribution in [-0.4, -0.2) is 28.1 Å². The second kappa shape index (κ2) is 6.21. The molecular formula is C16H15N3O3S. The van der Waals surface area contributed by atoms with Gasteiger partial charge in [-0.15, -0.1) is 11.3 Å². The van der Waals surface area contributed by atoms with Gasteiger partial charge in [-0.1, -0.05) is 6.92 Å². The van der Waals surface area contributed by atoms with E-state index in [0.29, 0.717) is 21.5 Å². The van der Waals surface area contributed by atoms with Crippen LogP contribution in [0.25, 0.3) is 10.2 Å². The number of hydrogen-bond acceptors (Lipinski definition) is 6. The molecule has 1 aromatic carbocycles. The SMILES string of the molecule is CCc1cc2c(=O)n(/N=C/c3cc(OC)ccc3O)cnc2s1. The molecule has 0 spiro atoms. The van der Waals surface area contributed by atoms with Gasteiger partial charge in [-0.3, -0.25) is 4.79 Å². The average Bonchev–Trinajstić information content (AvgIpc) is 3.00. The molecule has 118 valence electrons. The Hall–Kier alpha value is -2.67. The van der Waals surface area contributed by atoms with Crippen LogP contribution in [-0.2, 0) is 6.42 Å². The topological polar surface area (TPSA) is 76.7 Å².